The molecule has 110 valence electrons. The summed E-state index contributed by atoms with van der Waals surface area (Å²) < 4.78 is 51.7. The van der Waals surface area contributed by atoms with Crippen molar-refractivity contribution in [2.45, 2.75) is 0 Å². The first-order valence-electron chi connectivity index (χ1n) is 4.96. The Morgan fingerprint density at radius 2 is 1.10 bits per heavy atom. The average Bonchev–Trinajstić information content (AvgIpc) is 2.24. The number of rotatable bonds is 4. The molecule has 0 fully saturated rings. The van der Waals surface area contributed by atoms with Gasteiger partial charge in [-0.1, -0.05) is 12.1 Å². The molecule has 0 bridgehead atoms. The summed E-state index contributed by atoms with van der Waals surface area (Å²) in [5.41, 5.74) is -0.849. The highest BCUT2D eigenvalue weighted by Crippen LogP contribution is 2.13. The van der Waals surface area contributed by atoms with Gasteiger partial charge in [0.15, 0.2) is 0 Å². The minimum absolute atomic E-state index is 0.424. The largest absolute Gasteiger partial charge is 0.354 e. The van der Waals surface area contributed by atoms with E-state index in [1.54, 1.807) is 0 Å². The van der Waals surface area contributed by atoms with Gasteiger partial charge in [-0.15, -0.1) is 0 Å². The Kier molecular flexibility index (Phi) is 4.50. The van der Waals surface area contributed by atoms with Crippen molar-refractivity contribution in [3.05, 3.63) is 35.4 Å². The Bertz CT molecular complexity index is 680. The molecule has 20 heavy (non-hydrogen) atoms. The molecule has 0 aliphatic rings. The molecule has 1 aromatic carbocycles. The van der Waals surface area contributed by atoms with Gasteiger partial charge in [-0.2, -0.15) is 16.8 Å². The standard InChI is InChI=1S/C10H10O8S2/c1-19(13,14)17-9(11)7-5-3-4-6-8(7)10(12)18-20(2,15)16/h3-6H,1-2H3. The molecule has 0 aliphatic heterocycles. The highest BCUT2D eigenvalue weighted by Gasteiger charge is 2.23. The molecule has 0 N–H and O–H groups in total. The van der Waals surface area contributed by atoms with E-state index in [0.29, 0.717) is 12.5 Å². The zero-order valence-electron chi connectivity index (χ0n) is 10.4. The van der Waals surface area contributed by atoms with Crippen LogP contribution in [0.5, 0.6) is 0 Å². The fraction of sp³-hybridized carbons (Fsp3) is 0.200. The predicted octanol–water partition coefficient (Wildman–Crippen LogP) is -0.0806. The SMILES string of the molecule is CS(=O)(=O)OC(=O)c1ccccc1C(=O)OS(C)(=O)=O. The van der Waals surface area contributed by atoms with E-state index in [1.165, 1.54) is 12.1 Å². The van der Waals surface area contributed by atoms with Crippen LogP contribution in [0.2, 0.25) is 0 Å². The molecule has 0 aromatic heterocycles. The van der Waals surface area contributed by atoms with Crippen molar-refractivity contribution < 1.29 is 34.8 Å². The highest BCUT2D eigenvalue weighted by atomic mass is 32.2. The Hall–Kier alpha value is -1.94. The average molecular weight is 322 g/mol. The minimum Gasteiger partial charge on any atom is -0.341 e. The van der Waals surface area contributed by atoms with Crippen molar-refractivity contribution in [2.24, 2.45) is 0 Å². The number of hydrogen-bond acceptors (Lipinski definition) is 8. The molecule has 0 unspecified atom stereocenters. The molecular weight excluding hydrogens is 312 g/mol. The summed E-state index contributed by atoms with van der Waals surface area (Å²) in [5.74, 6) is -2.62. The third kappa shape index (κ3) is 4.97. The summed E-state index contributed by atoms with van der Waals surface area (Å²) in [7, 11) is -8.14. The topological polar surface area (TPSA) is 121 Å². The van der Waals surface area contributed by atoms with E-state index in [2.05, 4.69) is 8.37 Å². The van der Waals surface area contributed by atoms with Crippen LogP contribution in [-0.4, -0.2) is 41.3 Å². The summed E-state index contributed by atoms with van der Waals surface area (Å²) in [6.45, 7) is 0. The van der Waals surface area contributed by atoms with Gasteiger partial charge >= 0.3 is 32.2 Å². The van der Waals surface area contributed by atoms with Gasteiger partial charge in [0.2, 0.25) is 0 Å². The summed E-state index contributed by atoms with van der Waals surface area (Å²) in [6.07, 6.45) is 1.31. The molecule has 0 atom stereocenters. The second kappa shape index (κ2) is 5.59. The molecule has 1 rings (SSSR count). The van der Waals surface area contributed by atoms with Crippen molar-refractivity contribution in [3.63, 3.8) is 0 Å². The van der Waals surface area contributed by atoms with Gasteiger partial charge in [0.1, 0.15) is 0 Å². The van der Waals surface area contributed by atoms with Gasteiger partial charge in [-0.25, -0.2) is 9.59 Å². The Balaban J connectivity index is 3.18. The fourth-order valence-corrected chi connectivity index (χ4v) is 1.93. The zero-order chi connectivity index (χ0) is 15.6. The lowest BCUT2D eigenvalue weighted by Crippen LogP contribution is -2.18. The molecular formula is C10H10O8S2. The van der Waals surface area contributed by atoms with E-state index in [0.717, 1.165) is 12.1 Å². The maximum absolute atomic E-state index is 11.6. The lowest BCUT2D eigenvalue weighted by Gasteiger charge is -2.07. The number of carbonyl (C=O) groups is 2. The Morgan fingerprint density at radius 1 is 0.800 bits per heavy atom. The van der Waals surface area contributed by atoms with Crippen LogP contribution in [0.1, 0.15) is 20.7 Å². The number of hydrogen-bond donors (Lipinski definition) is 0. The third-order valence-electron chi connectivity index (χ3n) is 1.82. The van der Waals surface area contributed by atoms with Gasteiger partial charge in [-0.3, -0.25) is 0 Å². The van der Waals surface area contributed by atoms with Crippen LogP contribution in [0.3, 0.4) is 0 Å². The van der Waals surface area contributed by atoms with Gasteiger partial charge in [0, 0.05) is 0 Å². The van der Waals surface area contributed by atoms with Crippen molar-refractivity contribution in [3.8, 4) is 0 Å². The molecule has 0 heterocycles. The molecule has 0 aliphatic carbocycles. The van der Waals surface area contributed by atoms with E-state index in [-0.39, 0.29) is 0 Å². The Morgan fingerprint density at radius 3 is 1.35 bits per heavy atom. The van der Waals surface area contributed by atoms with E-state index in [1.807, 2.05) is 0 Å². The van der Waals surface area contributed by atoms with Crippen LogP contribution in [0.15, 0.2) is 24.3 Å². The van der Waals surface area contributed by atoms with Crippen LogP contribution in [0.4, 0.5) is 0 Å². The van der Waals surface area contributed by atoms with Crippen molar-refractivity contribution in [2.75, 3.05) is 12.5 Å². The summed E-state index contributed by atoms with van der Waals surface area (Å²) in [6, 6.07) is 4.89. The molecule has 10 heteroatoms. The van der Waals surface area contributed by atoms with Crippen molar-refractivity contribution in [1.29, 1.82) is 0 Å². The molecule has 1 aromatic rings. The quantitative estimate of drug-likeness (QED) is 0.706. The van der Waals surface area contributed by atoms with E-state index < -0.39 is 43.3 Å². The molecule has 0 amide bonds. The summed E-state index contributed by atoms with van der Waals surface area (Å²) in [4.78, 5) is 23.2. The molecule has 0 saturated carbocycles. The van der Waals surface area contributed by atoms with Gasteiger partial charge in [0.05, 0.1) is 23.6 Å². The first-order valence-corrected chi connectivity index (χ1v) is 8.59. The maximum Gasteiger partial charge on any atom is 0.354 e. The van der Waals surface area contributed by atoms with E-state index in [4.69, 9.17) is 0 Å². The molecule has 0 radical (unpaired) electrons. The van der Waals surface area contributed by atoms with E-state index in [9.17, 15) is 26.4 Å². The van der Waals surface area contributed by atoms with E-state index >= 15 is 0 Å². The maximum atomic E-state index is 11.6. The highest BCUT2D eigenvalue weighted by molar-refractivity contribution is 7.86. The minimum atomic E-state index is -4.07. The van der Waals surface area contributed by atoms with Crippen molar-refractivity contribution in [1.82, 2.24) is 0 Å². The van der Waals surface area contributed by atoms with Crippen LogP contribution in [-0.2, 0) is 28.6 Å². The normalized spacial score (nSPS) is 11.7. The van der Waals surface area contributed by atoms with Crippen LogP contribution < -0.4 is 0 Å². The second-order valence-corrected chi connectivity index (χ2v) is 6.85. The number of carbonyl (C=O) groups excluding carboxylic acids is 2. The zero-order valence-corrected chi connectivity index (χ0v) is 12.0. The molecule has 0 spiro atoms. The lowest BCUT2D eigenvalue weighted by molar-refractivity contribution is 0.0704. The fourth-order valence-electron chi connectivity index (χ4n) is 1.20. The first kappa shape index (κ1) is 16.1. The van der Waals surface area contributed by atoms with Crippen LogP contribution in [0, 0.1) is 0 Å². The monoisotopic (exact) mass is 322 g/mol. The smallest absolute Gasteiger partial charge is 0.341 e. The predicted molar refractivity (Wildman–Crippen MR) is 67.0 cm³/mol. The summed E-state index contributed by atoms with van der Waals surface area (Å²) in [5, 5.41) is 0. The van der Waals surface area contributed by atoms with Gasteiger partial charge in [-0.05, 0) is 12.1 Å². The second-order valence-electron chi connectivity index (χ2n) is 3.70. The molecule has 8 nitrogen and oxygen atoms in total. The van der Waals surface area contributed by atoms with Gasteiger partial charge in [0.25, 0.3) is 0 Å². The first-order chi connectivity index (χ1) is 8.99. The van der Waals surface area contributed by atoms with Gasteiger partial charge < -0.3 is 8.37 Å². The van der Waals surface area contributed by atoms with Crippen molar-refractivity contribution >= 4 is 32.2 Å². The number of benzene rings is 1. The van der Waals surface area contributed by atoms with Crippen LogP contribution >= 0.6 is 0 Å². The lowest BCUT2D eigenvalue weighted by atomic mass is 10.1. The third-order valence-corrected chi connectivity index (χ3v) is 2.73. The van der Waals surface area contributed by atoms with Crippen LogP contribution in [0.25, 0.3) is 0 Å². The Labute approximate surface area is 115 Å². The summed E-state index contributed by atoms with van der Waals surface area (Å²) >= 11 is 0. The molecule has 0 saturated heterocycles.